The van der Waals surface area contributed by atoms with Crippen LogP contribution in [0, 0.1) is 0 Å². The second-order valence-electron chi connectivity index (χ2n) is 6.13. The van der Waals surface area contributed by atoms with Gasteiger partial charge in [-0.25, -0.2) is 0 Å². The van der Waals surface area contributed by atoms with Gasteiger partial charge in [0.1, 0.15) is 12.4 Å². The summed E-state index contributed by atoms with van der Waals surface area (Å²) in [6.45, 7) is 0.482. The molecule has 150 valence electrons. The highest BCUT2D eigenvalue weighted by atomic mass is 16.5. The molecule has 0 radical (unpaired) electrons. The molecule has 0 fully saturated rings. The lowest BCUT2D eigenvalue weighted by Gasteiger charge is -2.15. The Kier molecular flexibility index (Phi) is 6.58. The number of hydrogen-bond acceptors (Lipinski definition) is 5. The number of methoxy groups -OCH3 is 3. The lowest BCUT2D eigenvalue weighted by molar-refractivity contribution is 0.102. The van der Waals surface area contributed by atoms with Gasteiger partial charge in [0.15, 0.2) is 11.5 Å². The summed E-state index contributed by atoms with van der Waals surface area (Å²) in [5.74, 6) is 1.57. The number of amides is 1. The highest BCUT2D eigenvalue weighted by Crippen LogP contribution is 2.39. The second-order valence-corrected chi connectivity index (χ2v) is 6.13. The highest BCUT2D eigenvalue weighted by molar-refractivity contribution is 6.07. The van der Waals surface area contributed by atoms with Crippen molar-refractivity contribution in [2.75, 3.05) is 26.6 Å². The van der Waals surface area contributed by atoms with Gasteiger partial charge in [0, 0.05) is 5.69 Å². The molecule has 3 aromatic rings. The molecule has 0 heterocycles. The third-order valence-corrected chi connectivity index (χ3v) is 4.31. The minimum Gasteiger partial charge on any atom is -0.493 e. The molecule has 0 spiro atoms. The molecule has 0 saturated heterocycles. The van der Waals surface area contributed by atoms with E-state index in [0.29, 0.717) is 35.1 Å². The van der Waals surface area contributed by atoms with Crippen LogP contribution in [0.1, 0.15) is 15.9 Å². The van der Waals surface area contributed by atoms with Crippen molar-refractivity contribution in [3.63, 3.8) is 0 Å². The maximum absolute atomic E-state index is 12.7. The van der Waals surface area contributed by atoms with E-state index >= 15 is 0 Å². The largest absolute Gasteiger partial charge is 0.493 e. The van der Waals surface area contributed by atoms with Gasteiger partial charge >= 0.3 is 0 Å². The smallest absolute Gasteiger partial charge is 0.259 e. The van der Waals surface area contributed by atoms with Crippen LogP contribution in [-0.2, 0) is 6.61 Å². The average molecular weight is 393 g/mol. The molecule has 0 aromatic heterocycles. The topological polar surface area (TPSA) is 66.0 Å². The number of anilines is 1. The number of hydrogen-bond donors (Lipinski definition) is 1. The van der Waals surface area contributed by atoms with Crippen LogP contribution in [0.4, 0.5) is 5.69 Å². The first-order valence-corrected chi connectivity index (χ1v) is 9.03. The van der Waals surface area contributed by atoms with Crippen LogP contribution in [0.2, 0.25) is 0 Å². The molecule has 6 nitrogen and oxygen atoms in total. The summed E-state index contributed by atoms with van der Waals surface area (Å²) < 4.78 is 21.7. The number of nitrogens with one attached hydrogen (secondary N) is 1. The van der Waals surface area contributed by atoms with E-state index in [1.807, 2.05) is 42.5 Å². The highest BCUT2D eigenvalue weighted by Gasteiger charge is 2.20. The Labute approximate surface area is 170 Å². The Morgan fingerprint density at radius 3 is 2.10 bits per heavy atom. The zero-order valence-corrected chi connectivity index (χ0v) is 16.6. The van der Waals surface area contributed by atoms with Crippen LogP contribution in [0.15, 0.2) is 66.7 Å². The standard InChI is InChI=1S/C23H23NO5/c1-26-20-14-13-19(21(27-2)22(20)28-3)23(25)24-17-9-11-18(12-10-17)29-15-16-7-5-4-6-8-16/h4-14H,15H2,1-3H3,(H,24,25). The first kappa shape index (κ1) is 20.1. The lowest BCUT2D eigenvalue weighted by atomic mass is 10.1. The van der Waals surface area contributed by atoms with Crippen molar-refractivity contribution in [2.24, 2.45) is 0 Å². The maximum atomic E-state index is 12.7. The van der Waals surface area contributed by atoms with Crippen LogP contribution in [0.3, 0.4) is 0 Å². The molecule has 0 bridgehead atoms. The van der Waals surface area contributed by atoms with Crippen LogP contribution >= 0.6 is 0 Å². The Morgan fingerprint density at radius 1 is 0.793 bits per heavy atom. The normalized spacial score (nSPS) is 10.2. The van der Waals surface area contributed by atoms with Gasteiger partial charge in [-0.05, 0) is 42.0 Å². The van der Waals surface area contributed by atoms with E-state index in [0.717, 1.165) is 11.3 Å². The summed E-state index contributed by atoms with van der Waals surface area (Å²) in [5, 5.41) is 2.85. The third-order valence-electron chi connectivity index (χ3n) is 4.31. The summed E-state index contributed by atoms with van der Waals surface area (Å²) in [6.07, 6.45) is 0. The van der Waals surface area contributed by atoms with Crippen molar-refractivity contribution in [3.05, 3.63) is 77.9 Å². The molecule has 0 aliphatic heterocycles. The van der Waals surface area contributed by atoms with Crippen molar-refractivity contribution in [1.29, 1.82) is 0 Å². The number of benzene rings is 3. The number of carbonyl (C=O) groups excluding carboxylic acids is 1. The van der Waals surface area contributed by atoms with Crippen LogP contribution < -0.4 is 24.3 Å². The van der Waals surface area contributed by atoms with E-state index in [1.54, 1.807) is 24.3 Å². The molecule has 0 aliphatic carbocycles. The molecule has 1 N–H and O–H groups in total. The Bertz CT molecular complexity index is 955. The summed E-state index contributed by atoms with van der Waals surface area (Å²) in [6, 6.07) is 20.4. The van der Waals surface area contributed by atoms with Gasteiger partial charge in [0.05, 0.1) is 26.9 Å². The lowest BCUT2D eigenvalue weighted by Crippen LogP contribution is -2.14. The predicted molar refractivity (Wildman–Crippen MR) is 111 cm³/mol. The zero-order chi connectivity index (χ0) is 20.6. The maximum Gasteiger partial charge on any atom is 0.259 e. The SMILES string of the molecule is COc1ccc(C(=O)Nc2ccc(OCc3ccccc3)cc2)c(OC)c1OC. The monoisotopic (exact) mass is 393 g/mol. The van der Waals surface area contributed by atoms with Crippen molar-refractivity contribution >= 4 is 11.6 Å². The minimum absolute atomic E-state index is 0.312. The molecule has 29 heavy (non-hydrogen) atoms. The van der Waals surface area contributed by atoms with Crippen molar-refractivity contribution in [3.8, 4) is 23.0 Å². The van der Waals surface area contributed by atoms with E-state index in [1.165, 1.54) is 21.3 Å². The minimum atomic E-state index is -0.319. The molecule has 3 rings (SSSR count). The number of rotatable bonds is 8. The van der Waals surface area contributed by atoms with Crippen molar-refractivity contribution in [2.45, 2.75) is 6.61 Å². The fourth-order valence-corrected chi connectivity index (χ4v) is 2.85. The van der Waals surface area contributed by atoms with E-state index in [2.05, 4.69) is 5.32 Å². The molecular weight excluding hydrogens is 370 g/mol. The molecule has 1 amide bonds. The van der Waals surface area contributed by atoms with E-state index in [4.69, 9.17) is 18.9 Å². The van der Waals surface area contributed by atoms with Gasteiger partial charge < -0.3 is 24.3 Å². The summed E-state index contributed by atoms with van der Waals surface area (Å²) in [7, 11) is 4.50. The third kappa shape index (κ3) is 4.79. The van der Waals surface area contributed by atoms with Gasteiger partial charge in [-0.1, -0.05) is 30.3 Å². The van der Waals surface area contributed by atoms with Crippen LogP contribution in [-0.4, -0.2) is 27.2 Å². The molecule has 0 unspecified atom stereocenters. The second kappa shape index (κ2) is 9.50. The van der Waals surface area contributed by atoms with Gasteiger partial charge in [-0.2, -0.15) is 0 Å². The van der Waals surface area contributed by atoms with E-state index in [9.17, 15) is 4.79 Å². The molecule has 6 heteroatoms. The summed E-state index contributed by atoms with van der Waals surface area (Å²) >= 11 is 0. The molecule has 0 aliphatic rings. The summed E-state index contributed by atoms with van der Waals surface area (Å²) in [5.41, 5.74) is 2.07. The van der Waals surface area contributed by atoms with Crippen LogP contribution in [0.5, 0.6) is 23.0 Å². The van der Waals surface area contributed by atoms with Crippen LogP contribution in [0.25, 0.3) is 0 Å². The molecule has 3 aromatic carbocycles. The van der Waals surface area contributed by atoms with Crippen molar-refractivity contribution in [1.82, 2.24) is 0 Å². The fraction of sp³-hybridized carbons (Fsp3) is 0.174. The summed E-state index contributed by atoms with van der Waals surface area (Å²) in [4.78, 5) is 12.7. The Hall–Kier alpha value is -3.67. The van der Waals surface area contributed by atoms with E-state index < -0.39 is 0 Å². The van der Waals surface area contributed by atoms with Gasteiger partial charge in [0.2, 0.25) is 5.75 Å². The average Bonchev–Trinajstić information content (AvgIpc) is 2.78. The number of carbonyl (C=O) groups is 1. The van der Waals surface area contributed by atoms with E-state index in [-0.39, 0.29) is 5.91 Å². The predicted octanol–water partition coefficient (Wildman–Crippen LogP) is 4.54. The Balaban J connectivity index is 1.69. The van der Waals surface area contributed by atoms with Gasteiger partial charge in [0.25, 0.3) is 5.91 Å². The quantitative estimate of drug-likeness (QED) is 0.608. The molecule has 0 saturated carbocycles. The van der Waals surface area contributed by atoms with Crippen molar-refractivity contribution < 1.29 is 23.7 Å². The Morgan fingerprint density at radius 2 is 1.48 bits per heavy atom. The first-order chi connectivity index (χ1) is 14.2. The fourth-order valence-electron chi connectivity index (χ4n) is 2.85. The molecule has 0 atom stereocenters. The number of ether oxygens (including phenoxy) is 4. The van der Waals surface area contributed by atoms with Gasteiger partial charge in [-0.15, -0.1) is 0 Å². The first-order valence-electron chi connectivity index (χ1n) is 9.03. The van der Waals surface area contributed by atoms with Gasteiger partial charge in [-0.3, -0.25) is 4.79 Å². The molecular formula is C23H23NO5. The zero-order valence-electron chi connectivity index (χ0n) is 16.6.